The van der Waals surface area contributed by atoms with Gasteiger partial charge in [-0.05, 0) is 55.7 Å². The summed E-state index contributed by atoms with van der Waals surface area (Å²) < 4.78 is 0. The van der Waals surface area contributed by atoms with Crippen LogP contribution in [0.4, 0.5) is 11.4 Å². The van der Waals surface area contributed by atoms with Gasteiger partial charge < -0.3 is 16.0 Å². The molecule has 26 heavy (non-hydrogen) atoms. The lowest BCUT2D eigenvalue weighted by atomic mass is 10.1. The summed E-state index contributed by atoms with van der Waals surface area (Å²) in [7, 11) is 0. The van der Waals surface area contributed by atoms with E-state index in [9.17, 15) is 14.4 Å². The van der Waals surface area contributed by atoms with Gasteiger partial charge in [-0.3, -0.25) is 14.4 Å². The molecule has 1 aliphatic heterocycles. The number of amides is 3. The molecule has 2 aromatic rings. The first kappa shape index (κ1) is 17.7. The molecule has 0 bridgehead atoms. The number of carbonyl (C=O) groups is 3. The molecule has 0 fully saturated rings. The smallest absolute Gasteiger partial charge is 0.254 e. The van der Waals surface area contributed by atoms with Crippen molar-refractivity contribution in [2.45, 2.75) is 32.7 Å². The van der Waals surface area contributed by atoms with Crippen LogP contribution in [0.1, 0.15) is 34.3 Å². The Morgan fingerprint density at radius 1 is 1.08 bits per heavy atom. The van der Waals surface area contributed by atoms with E-state index in [1.165, 1.54) is 0 Å². The topological polar surface area (TPSA) is 87.3 Å². The fourth-order valence-electron chi connectivity index (χ4n) is 3.06. The maximum Gasteiger partial charge on any atom is 0.254 e. The van der Waals surface area contributed by atoms with Gasteiger partial charge in [-0.15, -0.1) is 0 Å². The van der Waals surface area contributed by atoms with Crippen LogP contribution in [0.3, 0.4) is 0 Å². The molecule has 0 aliphatic carbocycles. The maximum absolute atomic E-state index is 12.3. The molecule has 0 aromatic heterocycles. The molecule has 0 saturated heterocycles. The molecule has 3 amide bonds. The second-order valence-corrected chi connectivity index (χ2v) is 6.52. The Kier molecular flexibility index (Phi) is 5.02. The molecule has 0 spiro atoms. The lowest BCUT2D eigenvalue weighted by Gasteiger charge is -2.14. The number of benzene rings is 2. The number of fused-ring (bicyclic) bond motifs is 1. The number of hydrogen-bond acceptors (Lipinski definition) is 3. The van der Waals surface area contributed by atoms with Gasteiger partial charge in [0.15, 0.2) is 0 Å². The quantitative estimate of drug-likeness (QED) is 0.791. The van der Waals surface area contributed by atoms with Crippen LogP contribution in [0, 0.1) is 13.8 Å². The molecule has 2 aromatic carbocycles. The Balaban J connectivity index is 1.61. The van der Waals surface area contributed by atoms with Crippen LogP contribution in [0.15, 0.2) is 42.5 Å². The molecule has 1 atom stereocenters. The number of para-hydroxylation sites is 1. The van der Waals surface area contributed by atoms with Crippen LogP contribution in [-0.2, 0) is 9.59 Å². The van der Waals surface area contributed by atoms with E-state index in [-0.39, 0.29) is 30.6 Å². The molecule has 3 N–H and O–H groups in total. The molecule has 1 heterocycles. The molecule has 0 unspecified atom stereocenters. The largest absolute Gasteiger partial charge is 0.340 e. The van der Waals surface area contributed by atoms with E-state index in [4.69, 9.17) is 0 Å². The van der Waals surface area contributed by atoms with Crippen molar-refractivity contribution in [2.75, 3.05) is 10.6 Å². The number of nitrogens with one attached hydrogen (secondary N) is 3. The molecule has 3 rings (SSSR count). The van der Waals surface area contributed by atoms with E-state index >= 15 is 0 Å². The minimum Gasteiger partial charge on any atom is -0.340 e. The number of aryl methyl sites for hydroxylation is 2. The van der Waals surface area contributed by atoms with Crippen molar-refractivity contribution in [1.82, 2.24) is 5.32 Å². The molecule has 1 aliphatic rings. The molecule has 134 valence electrons. The standard InChI is InChI=1S/C20H21N3O3/c1-12-9-13(2)11-14(10-12)21-18(24)8-7-17-20(26)22-16-6-4-3-5-15(16)19(25)23-17/h3-6,9-11,17H,7-8H2,1-2H3,(H,21,24)(H,22,26)(H,23,25)/t17-/m1/s1. The van der Waals surface area contributed by atoms with Crippen molar-refractivity contribution >= 4 is 29.1 Å². The highest BCUT2D eigenvalue weighted by Crippen LogP contribution is 2.19. The van der Waals surface area contributed by atoms with Crippen molar-refractivity contribution in [1.29, 1.82) is 0 Å². The zero-order chi connectivity index (χ0) is 18.7. The summed E-state index contributed by atoms with van der Waals surface area (Å²) in [4.78, 5) is 36.8. The van der Waals surface area contributed by atoms with Crippen LogP contribution < -0.4 is 16.0 Å². The maximum atomic E-state index is 12.3. The van der Waals surface area contributed by atoms with Gasteiger partial charge in [0.05, 0.1) is 11.3 Å². The fraction of sp³-hybridized carbons (Fsp3) is 0.250. The van der Waals surface area contributed by atoms with Crippen molar-refractivity contribution in [3.8, 4) is 0 Å². The summed E-state index contributed by atoms with van der Waals surface area (Å²) in [6.07, 6.45) is 0.351. The van der Waals surface area contributed by atoms with Gasteiger partial charge in [0.2, 0.25) is 11.8 Å². The van der Waals surface area contributed by atoms with E-state index in [0.29, 0.717) is 11.3 Å². The first-order chi connectivity index (χ1) is 12.4. The minimum atomic E-state index is -0.750. The second kappa shape index (κ2) is 7.39. The third-order valence-electron chi connectivity index (χ3n) is 4.22. The predicted octanol–water partition coefficient (Wildman–Crippen LogP) is 2.77. The number of carbonyl (C=O) groups excluding carboxylic acids is 3. The lowest BCUT2D eigenvalue weighted by molar-refractivity contribution is -0.118. The Morgan fingerprint density at radius 2 is 1.77 bits per heavy atom. The molecule has 6 heteroatoms. The summed E-state index contributed by atoms with van der Waals surface area (Å²) in [5.41, 5.74) is 3.76. The average Bonchev–Trinajstić information content (AvgIpc) is 2.69. The summed E-state index contributed by atoms with van der Waals surface area (Å²) >= 11 is 0. The van der Waals surface area contributed by atoms with Crippen LogP contribution in [0.25, 0.3) is 0 Å². The van der Waals surface area contributed by atoms with Crippen molar-refractivity contribution in [3.05, 3.63) is 59.2 Å². The number of hydrogen-bond donors (Lipinski definition) is 3. The zero-order valence-corrected chi connectivity index (χ0v) is 14.8. The van der Waals surface area contributed by atoms with Gasteiger partial charge in [0.25, 0.3) is 5.91 Å². The number of rotatable bonds is 4. The van der Waals surface area contributed by atoms with Crippen molar-refractivity contribution < 1.29 is 14.4 Å². The van der Waals surface area contributed by atoms with E-state index < -0.39 is 6.04 Å². The predicted molar refractivity (Wildman–Crippen MR) is 100 cm³/mol. The normalized spacial score (nSPS) is 16.2. The summed E-state index contributed by atoms with van der Waals surface area (Å²) in [6, 6.07) is 11.9. The molecule has 6 nitrogen and oxygen atoms in total. The van der Waals surface area contributed by atoms with E-state index in [1.807, 2.05) is 32.0 Å². The van der Waals surface area contributed by atoms with Crippen molar-refractivity contribution in [2.24, 2.45) is 0 Å². The molecular formula is C20H21N3O3. The van der Waals surface area contributed by atoms with E-state index in [0.717, 1.165) is 16.8 Å². The van der Waals surface area contributed by atoms with Gasteiger partial charge >= 0.3 is 0 Å². The lowest BCUT2D eigenvalue weighted by Crippen LogP contribution is -2.41. The van der Waals surface area contributed by atoms with Gasteiger partial charge in [0.1, 0.15) is 6.04 Å². The van der Waals surface area contributed by atoms with Gasteiger partial charge in [0, 0.05) is 12.1 Å². The highest BCUT2D eigenvalue weighted by molar-refractivity contribution is 6.09. The van der Waals surface area contributed by atoms with Crippen LogP contribution >= 0.6 is 0 Å². The Bertz CT molecular complexity index is 856. The summed E-state index contributed by atoms with van der Waals surface area (Å²) in [6.45, 7) is 3.93. The Labute approximate surface area is 152 Å². The van der Waals surface area contributed by atoms with Crippen LogP contribution in [0.5, 0.6) is 0 Å². The molecule has 0 radical (unpaired) electrons. The Morgan fingerprint density at radius 3 is 2.50 bits per heavy atom. The number of anilines is 2. The highest BCUT2D eigenvalue weighted by Gasteiger charge is 2.27. The van der Waals surface area contributed by atoms with Crippen molar-refractivity contribution in [3.63, 3.8) is 0 Å². The van der Waals surface area contributed by atoms with E-state index in [1.54, 1.807) is 24.3 Å². The SMILES string of the molecule is Cc1cc(C)cc(NC(=O)CC[C@H]2NC(=O)c3ccccc3NC2=O)c1. The van der Waals surface area contributed by atoms with Crippen LogP contribution in [-0.4, -0.2) is 23.8 Å². The average molecular weight is 351 g/mol. The first-order valence-corrected chi connectivity index (χ1v) is 8.51. The van der Waals surface area contributed by atoms with Gasteiger partial charge in [-0.2, -0.15) is 0 Å². The van der Waals surface area contributed by atoms with E-state index in [2.05, 4.69) is 16.0 Å². The first-order valence-electron chi connectivity index (χ1n) is 8.51. The van der Waals surface area contributed by atoms with Gasteiger partial charge in [-0.25, -0.2) is 0 Å². The summed E-state index contributed by atoms with van der Waals surface area (Å²) in [5, 5.41) is 8.27. The zero-order valence-electron chi connectivity index (χ0n) is 14.8. The Hall–Kier alpha value is -3.15. The molecular weight excluding hydrogens is 330 g/mol. The third kappa shape index (κ3) is 4.08. The fourth-order valence-corrected chi connectivity index (χ4v) is 3.06. The second-order valence-electron chi connectivity index (χ2n) is 6.52. The summed E-state index contributed by atoms with van der Waals surface area (Å²) in [5.74, 6) is -0.833. The monoisotopic (exact) mass is 351 g/mol. The highest BCUT2D eigenvalue weighted by atomic mass is 16.2. The molecule has 0 saturated carbocycles. The third-order valence-corrected chi connectivity index (χ3v) is 4.22. The van der Waals surface area contributed by atoms with Crippen LogP contribution in [0.2, 0.25) is 0 Å². The van der Waals surface area contributed by atoms with Gasteiger partial charge in [-0.1, -0.05) is 18.2 Å². The minimum absolute atomic E-state index is 0.127.